The molecule has 0 aromatic heterocycles. The number of Topliss-reactive ketones (excluding diaryl/α,β-unsaturated/α-hetero) is 1. The van der Waals surface area contributed by atoms with Gasteiger partial charge in [-0.3, -0.25) is 9.68 Å². The molecule has 0 rings (SSSR count). The highest BCUT2D eigenvalue weighted by atomic mass is 17.2. The summed E-state index contributed by atoms with van der Waals surface area (Å²) in [6, 6.07) is 0. The summed E-state index contributed by atoms with van der Waals surface area (Å²) in [5.41, 5.74) is 0.394. The Morgan fingerprint density at radius 1 is 1.36 bits per heavy atom. The molecular weight excluding hydrogens is 190 g/mol. The maximum Gasteiger partial charge on any atom is 0.408 e. The number of carbonyl (C=O) groups excluding carboxylic acids is 2. The van der Waals surface area contributed by atoms with Crippen LogP contribution >= 0.6 is 0 Å². The van der Waals surface area contributed by atoms with E-state index in [4.69, 9.17) is 0 Å². The Kier molecular flexibility index (Phi) is 6.30. The number of carbonyl (C=O) groups is 2. The van der Waals surface area contributed by atoms with Crippen LogP contribution in [0.3, 0.4) is 0 Å². The number of nitrogens with zero attached hydrogens (tertiary/aromatic N) is 1. The Hall–Kier alpha value is -1.43. The molecule has 6 nitrogen and oxygen atoms in total. The van der Waals surface area contributed by atoms with E-state index in [-0.39, 0.29) is 13.0 Å². The molecule has 14 heavy (non-hydrogen) atoms. The predicted molar refractivity (Wildman–Crippen MR) is 47.5 cm³/mol. The number of ketones is 1. The lowest BCUT2D eigenvalue weighted by molar-refractivity contribution is -0.266. The summed E-state index contributed by atoms with van der Waals surface area (Å²) in [7, 11) is 1.35. The monoisotopic (exact) mass is 203 g/mol. The third-order valence-electron chi connectivity index (χ3n) is 1.14. The maximum atomic E-state index is 11.0. The van der Waals surface area contributed by atoms with Crippen LogP contribution in [0.4, 0.5) is 0 Å². The van der Waals surface area contributed by atoms with E-state index >= 15 is 0 Å². The first kappa shape index (κ1) is 12.6. The van der Waals surface area contributed by atoms with Crippen LogP contribution < -0.4 is 0 Å². The van der Waals surface area contributed by atoms with Crippen LogP contribution in [0.5, 0.6) is 0 Å². The van der Waals surface area contributed by atoms with Gasteiger partial charge in [0.1, 0.15) is 7.11 Å². The number of hydrogen-bond donors (Lipinski definition) is 0. The van der Waals surface area contributed by atoms with Crippen LogP contribution in [0.25, 0.3) is 0 Å². The van der Waals surface area contributed by atoms with Gasteiger partial charge in [0.25, 0.3) is 0 Å². The average Bonchev–Trinajstić information content (AvgIpc) is 2.14. The van der Waals surface area contributed by atoms with Gasteiger partial charge in [-0.1, -0.05) is 5.16 Å². The molecule has 0 bridgehead atoms. The zero-order chi connectivity index (χ0) is 11.0. The molecule has 0 unspecified atom stereocenters. The fraction of sp³-hybridized carbons (Fsp3) is 0.625. The lowest BCUT2D eigenvalue weighted by Gasteiger charge is -1.99. The van der Waals surface area contributed by atoms with Crippen molar-refractivity contribution in [1.82, 2.24) is 0 Å². The SMILES string of the molecule is CCOOC(=O)C(=O)CC(C)=NOC. The van der Waals surface area contributed by atoms with Gasteiger partial charge in [-0.2, -0.15) is 4.89 Å². The summed E-state index contributed by atoms with van der Waals surface area (Å²) in [5, 5.41) is 3.47. The third-order valence-corrected chi connectivity index (χ3v) is 1.14. The minimum absolute atomic E-state index is 0.139. The van der Waals surface area contributed by atoms with Crippen LogP contribution in [0, 0.1) is 0 Å². The summed E-state index contributed by atoms with van der Waals surface area (Å²) in [5.74, 6) is -1.76. The molecule has 0 aromatic rings. The van der Waals surface area contributed by atoms with Crippen molar-refractivity contribution in [2.24, 2.45) is 5.16 Å². The Morgan fingerprint density at radius 3 is 2.50 bits per heavy atom. The average molecular weight is 203 g/mol. The van der Waals surface area contributed by atoms with Crippen LogP contribution in [0.1, 0.15) is 20.3 Å². The molecule has 0 saturated heterocycles. The van der Waals surface area contributed by atoms with E-state index in [1.165, 1.54) is 7.11 Å². The van der Waals surface area contributed by atoms with E-state index in [2.05, 4.69) is 19.8 Å². The summed E-state index contributed by atoms with van der Waals surface area (Å²) >= 11 is 0. The number of oxime groups is 1. The van der Waals surface area contributed by atoms with Gasteiger partial charge in [-0.15, -0.1) is 0 Å². The highest BCUT2D eigenvalue weighted by Crippen LogP contribution is 1.93. The summed E-state index contributed by atoms with van der Waals surface area (Å²) in [6.07, 6.45) is -0.139. The number of rotatable bonds is 6. The predicted octanol–water partition coefficient (Wildman–Crippen LogP) is 0.463. The summed E-state index contributed by atoms with van der Waals surface area (Å²) < 4.78 is 0. The van der Waals surface area contributed by atoms with Crippen LogP contribution in [-0.2, 0) is 24.2 Å². The van der Waals surface area contributed by atoms with Crippen molar-refractivity contribution in [2.75, 3.05) is 13.7 Å². The summed E-state index contributed by atoms with van der Waals surface area (Å²) in [4.78, 5) is 34.8. The Morgan fingerprint density at radius 2 is 2.00 bits per heavy atom. The molecule has 0 saturated carbocycles. The maximum absolute atomic E-state index is 11.0. The first-order valence-electron chi connectivity index (χ1n) is 4.05. The zero-order valence-electron chi connectivity index (χ0n) is 8.40. The van der Waals surface area contributed by atoms with Crippen molar-refractivity contribution in [3.05, 3.63) is 0 Å². The lowest BCUT2D eigenvalue weighted by atomic mass is 10.2. The number of hydrogen-bond acceptors (Lipinski definition) is 6. The molecule has 0 aromatic carbocycles. The second-order valence-electron chi connectivity index (χ2n) is 2.39. The van der Waals surface area contributed by atoms with E-state index in [0.717, 1.165) is 0 Å². The first-order chi connectivity index (χ1) is 6.61. The fourth-order valence-corrected chi connectivity index (χ4v) is 0.652. The second-order valence-corrected chi connectivity index (χ2v) is 2.39. The molecular formula is C8H13NO5. The molecule has 0 spiro atoms. The first-order valence-corrected chi connectivity index (χ1v) is 4.05. The van der Waals surface area contributed by atoms with E-state index in [9.17, 15) is 9.59 Å². The van der Waals surface area contributed by atoms with E-state index < -0.39 is 11.8 Å². The van der Waals surface area contributed by atoms with Crippen molar-refractivity contribution in [2.45, 2.75) is 20.3 Å². The highest BCUT2D eigenvalue weighted by molar-refractivity contribution is 6.37. The quantitative estimate of drug-likeness (QED) is 0.271. The highest BCUT2D eigenvalue weighted by Gasteiger charge is 2.17. The van der Waals surface area contributed by atoms with E-state index in [0.29, 0.717) is 5.71 Å². The fourth-order valence-electron chi connectivity index (χ4n) is 0.652. The molecule has 6 heteroatoms. The lowest BCUT2D eigenvalue weighted by Crippen LogP contribution is -2.20. The third kappa shape index (κ3) is 5.26. The molecule has 0 N–H and O–H groups in total. The smallest absolute Gasteiger partial charge is 0.399 e. The Balaban J connectivity index is 3.95. The van der Waals surface area contributed by atoms with Crippen LogP contribution in [0.15, 0.2) is 5.16 Å². The zero-order valence-corrected chi connectivity index (χ0v) is 8.40. The molecule has 0 atom stereocenters. The van der Waals surface area contributed by atoms with E-state index in [1.807, 2.05) is 0 Å². The van der Waals surface area contributed by atoms with Crippen LogP contribution in [0.2, 0.25) is 0 Å². The molecule has 0 aliphatic carbocycles. The van der Waals surface area contributed by atoms with Gasteiger partial charge in [0, 0.05) is 0 Å². The van der Waals surface area contributed by atoms with Gasteiger partial charge in [0.15, 0.2) is 0 Å². The van der Waals surface area contributed by atoms with Crippen molar-refractivity contribution in [3.8, 4) is 0 Å². The standard InChI is InChI=1S/C8H13NO5/c1-4-13-14-8(11)7(10)5-6(2)9-12-3/h4-5H2,1-3H3. The van der Waals surface area contributed by atoms with Crippen molar-refractivity contribution < 1.29 is 24.2 Å². The largest absolute Gasteiger partial charge is 0.408 e. The molecule has 0 heterocycles. The molecule has 0 radical (unpaired) electrons. The Labute approximate surface area is 81.7 Å². The Bertz CT molecular complexity index is 236. The minimum atomic E-state index is -1.03. The topological polar surface area (TPSA) is 74.2 Å². The van der Waals surface area contributed by atoms with Crippen molar-refractivity contribution >= 4 is 17.5 Å². The normalized spacial score (nSPS) is 10.9. The molecule has 80 valence electrons. The minimum Gasteiger partial charge on any atom is -0.399 e. The molecule has 0 aliphatic rings. The van der Waals surface area contributed by atoms with Gasteiger partial charge in [-0.25, -0.2) is 4.79 Å². The van der Waals surface area contributed by atoms with Crippen molar-refractivity contribution in [1.29, 1.82) is 0 Å². The molecule has 0 aliphatic heterocycles. The summed E-state index contributed by atoms with van der Waals surface area (Å²) in [6.45, 7) is 3.40. The second kappa shape index (κ2) is 7.02. The van der Waals surface area contributed by atoms with Gasteiger partial charge in [-0.05, 0) is 13.8 Å². The molecule has 0 amide bonds. The van der Waals surface area contributed by atoms with Gasteiger partial charge >= 0.3 is 5.97 Å². The molecule has 0 fully saturated rings. The van der Waals surface area contributed by atoms with Gasteiger partial charge < -0.3 is 4.84 Å². The van der Waals surface area contributed by atoms with E-state index in [1.54, 1.807) is 13.8 Å². The van der Waals surface area contributed by atoms with Crippen LogP contribution in [-0.4, -0.2) is 31.2 Å². The van der Waals surface area contributed by atoms with Gasteiger partial charge in [0.05, 0.1) is 18.7 Å². The van der Waals surface area contributed by atoms with Gasteiger partial charge in [0.2, 0.25) is 5.78 Å². The van der Waals surface area contributed by atoms with Crippen molar-refractivity contribution in [3.63, 3.8) is 0 Å².